The second-order valence-electron chi connectivity index (χ2n) is 2.48. The maximum absolute atomic E-state index is 8.85. The van der Waals surface area contributed by atoms with Gasteiger partial charge in [-0.05, 0) is 0 Å². The quantitative estimate of drug-likeness (QED) is 0.329. The van der Waals surface area contributed by atoms with E-state index in [2.05, 4.69) is 29.3 Å². The number of unbranched alkanes of at least 4 members (excludes halogenated alkanes) is 1. The smallest absolute Gasteiger partial charge is 0.736 e. The molecule has 0 aromatic heterocycles. The average molecular weight is 461 g/mol. The first-order chi connectivity index (χ1) is 7.91. The van der Waals surface area contributed by atoms with E-state index < -0.39 is 30.9 Å². The third-order valence-electron chi connectivity index (χ3n) is 0.500. The average Bonchev–Trinajstić information content (AvgIpc) is 1.93. The Morgan fingerprint density at radius 2 is 0.700 bits per heavy atom. The van der Waals surface area contributed by atoms with Crippen molar-refractivity contribution in [1.82, 2.24) is 0 Å². The summed E-state index contributed by atoms with van der Waals surface area (Å²) >= 11 is 0. The summed E-state index contributed by atoms with van der Waals surface area (Å²) in [5.41, 5.74) is 0. The molecule has 12 nitrogen and oxygen atoms in total. The van der Waals surface area contributed by atoms with Gasteiger partial charge in [-0.15, -0.1) is 0 Å². The molecule has 122 valence electrons. The summed E-state index contributed by atoms with van der Waals surface area (Å²) < 4.78 is 79.7. The molecular weight excluding hydrogens is 445 g/mol. The molecule has 0 aliphatic rings. The number of rotatable bonds is 1. The second kappa shape index (κ2) is 15.9. The fourth-order valence-corrected chi connectivity index (χ4v) is 0. The first-order valence-corrected chi connectivity index (χ1v) is 8.54. The van der Waals surface area contributed by atoms with Crippen LogP contribution < -0.4 is 15.4 Å². The van der Waals surface area contributed by atoms with Crippen molar-refractivity contribution in [3.8, 4) is 0 Å². The summed E-state index contributed by atoms with van der Waals surface area (Å²) in [5.74, 6) is 0. The van der Waals surface area contributed by atoms with E-state index in [1.165, 1.54) is 12.8 Å². The van der Waals surface area contributed by atoms with E-state index in [0.717, 1.165) is 0 Å². The monoisotopic (exact) mass is 461 g/mol. The number of nitrogens with two attached hydrogens (primary N) is 3. The number of hydrogen-bond acceptors (Lipinski definition) is 9. The zero-order valence-electron chi connectivity index (χ0n) is 10.6. The third-order valence-corrected chi connectivity index (χ3v) is 0.500. The SMILES string of the molecule is CCCC.NS(=O)(=O)[O-].NS(=O)(=O)[O-].NS(=O)(=O)[O-].[In+3]. The summed E-state index contributed by atoms with van der Waals surface area (Å²) in [6.45, 7) is 4.36. The van der Waals surface area contributed by atoms with Gasteiger partial charge in [-0.25, -0.2) is 40.7 Å². The molecule has 0 aliphatic heterocycles. The van der Waals surface area contributed by atoms with Crippen molar-refractivity contribution in [1.29, 1.82) is 0 Å². The molecule has 0 atom stereocenters. The molecule has 0 aromatic carbocycles. The van der Waals surface area contributed by atoms with Gasteiger partial charge in [-0.3, -0.25) is 0 Å². The van der Waals surface area contributed by atoms with Crippen LogP contribution in [0.2, 0.25) is 0 Å². The van der Waals surface area contributed by atoms with Crippen molar-refractivity contribution in [3.05, 3.63) is 0 Å². The molecule has 0 radical (unpaired) electrons. The Bertz CT molecular complexity index is 387. The normalized spacial score (nSPS) is 10.2. The van der Waals surface area contributed by atoms with Gasteiger partial charge in [-0.1, -0.05) is 26.7 Å². The molecule has 20 heavy (non-hydrogen) atoms. The van der Waals surface area contributed by atoms with Gasteiger partial charge in [0, 0.05) is 0 Å². The van der Waals surface area contributed by atoms with Gasteiger partial charge < -0.3 is 13.7 Å². The molecular formula is C4H16InN3O9S3. The molecule has 0 heterocycles. The van der Waals surface area contributed by atoms with E-state index in [1.807, 2.05) is 0 Å². The first-order valence-electron chi connectivity index (χ1n) is 4.12. The third kappa shape index (κ3) is 2580. The van der Waals surface area contributed by atoms with Gasteiger partial charge in [0.1, 0.15) is 0 Å². The Morgan fingerprint density at radius 3 is 0.700 bits per heavy atom. The Hall–Kier alpha value is 0.480. The minimum absolute atomic E-state index is 0. The first kappa shape index (κ1) is 32.4. The van der Waals surface area contributed by atoms with Gasteiger partial charge in [0.25, 0.3) is 0 Å². The van der Waals surface area contributed by atoms with Crippen molar-refractivity contribution in [3.63, 3.8) is 0 Å². The van der Waals surface area contributed by atoms with Crippen molar-refractivity contribution >= 4 is 56.8 Å². The largest absolute Gasteiger partial charge is 3.00 e. The van der Waals surface area contributed by atoms with Gasteiger partial charge >= 0.3 is 25.8 Å². The minimum Gasteiger partial charge on any atom is -0.736 e. The molecule has 16 heteroatoms. The molecule has 0 fully saturated rings. The van der Waals surface area contributed by atoms with Crippen LogP contribution in [-0.2, 0) is 30.9 Å². The maximum atomic E-state index is 8.85. The van der Waals surface area contributed by atoms with Crippen LogP contribution in [0.4, 0.5) is 0 Å². The molecule has 6 N–H and O–H groups in total. The zero-order valence-corrected chi connectivity index (χ0v) is 16.4. The molecule has 0 saturated carbocycles. The molecule has 0 unspecified atom stereocenters. The fourth-order valence-electron chi connectivity index (χ4n) is 0. The maximum Gasteiger partial charge on any atom is 3.00 e. The van der Waals surface area contributed by atoms with Crippen LogP contribution in [0.3, 0.4) is 0 Å². The molecule has 0 aliphatic carbocycles. The standard InChI is InChI=1S/C4H10.In.3H3NO3S/c1-3-4-2;;3*1-5(2,3)4/h3-4H2,1-2H3;;3*(H3,1,2,3,4)/q;+3;;;/p-3. The molecule has 0 bridgehead atoms. The Morgan fingerprint density at radius 1 is 0.650 bits per heavy atom. The second-order valence-corrected chi connectivity index (χ2v) is 5.44. The summed E-state index contributed by atoms with van der Waals surface area (Å²) in [6, 6.07) is 0. The van der Waals surface area contributed by atoms with Gasteiger partial charge in [0.2, 0.25) is 0 Å². The van der Waals surface area contributed by atoms with E-state index in [0.29, 0.717) is 0 Å². The fraction of sp³-hybridized carbons (Fsp3) is 1.00. The summed E-state index contributed by atoms with van der Waals surface area (Å²) in [5, 5.41) is 11.3. The van der Waals surface area contributed by atoms with Crippen LogP contribution in [0.1, 0.15) is 26.7 Å². The summed E-state index contributed by atoms with van der Waals surface area (Å²) in [7, 11) is -13.2. The van der Waals surface area contributed by atoms with E-state index >= 15 is 0 Å². The molecule has 0 saturated heterocycles. The van der Waals surface area contributed by atoms with E-state index in [9.17, 15) is 0 Å². The van der Waals surface area contributed by atoms with Crippen molar-refractivity contribution < 1.29 is 38.9 Å². The van der Waals surface area contributed by atoms with Gasteiger partial charge in [0.05, 0.1) is 0 Å². The Balaban J connectivity index is -0.0000000494. The van der Waals surface area contributed by atoms with Crippen LogP contribution >= 0.6 is 0 Å². The van der Waals surface area contributed by atoms with Crippen LogP contribution in [0, 0.1) is 0 Å². The number of hydrogen-bond donors (Lipinski definition) is 3. The zero-order chi connectivity index (χ0) is 16.9. The van der Waals surface area contributed by atoms with Crippen molar-refractivity contribution in [2.24, 2.45) is 15.4 Å². The van der Waals surface area contributed by atoms with E-state index in [-0.39, 0.29) is 25.8 Å². The Kier molecular flexibility index (Phi) is 25.7. The summed E-state index contributed by atoms with van der Waals surface area (Å²) in [4.78, 5) is 0. The van der Waals surface area contributed by atoms with Crippen LogP contribution in [0.5, 0.6) is 0 Å². The van der Waals surface area contributed by atoms with Crippen molar-refractivity contribution in [2.45, 2.75) is 26.7 Å². The molecule has 0 aromatic rings. The van der Waals surface area contributed by atoms with Gasteiger partial charge in [-0.2, -0.15) is 0 Å². The predicted octanol–water partition coefficient (Wildman–Crippen LogP) is -3.36. The van der Waals surface area contributed by atoms with Crippen LogP contribution in [0.25, 0.3) is 0 Å². The van der Waals surface area contributed by atoms with Gasteiger partial charge in [0.15, 0.2) is 30.9 Å². The molecule has 0 amide bonds. The Labute approximate surface area is 137 Å². The van der Waals surface area contributed by atoms with Crippen LogP contribution in [-0.4, -0.2) is 64.8 Å². The summed E-state index contributed by atoms with van der Waals surface area (Å²) in [6.07, 6.45) is 2.64. The molecule has 0 spiro atoms. The van der Waals surface area contributed by atoms with E-state index in [1.54, 1.807) is 0 Å². The molecule has 0 rings (SSSR count). The van der Waals surface area contributed by atoms with Crippen molar-refractivity contribution in [2.75, 3.05) is 0 Å². The van der Waals surface area contributed by atoms with E-state index in [4.69, 9.17) is 38.9 Å². The predicted molar refractivity (Wildman–Crippen MR) is 68.0 cm³/mol. The minimum atomic E-state index is -4.42. The topological polar surface area (TPSA) is 250 Å². The van der Waals surface area contributed by atoms with Crippen LogP contribution in [0.15, 0.2) is 0 Å².